The zero-order valence-electron chi connectivity index (χ0n) is 7.95. The zero-order chi connectivity index (χ0) is 11.9. The third-order valence-electron chi connectivity index (χ3n) is 2.13. The van der Waals surface area contributed by atoms with E-state index in [2.05, 4.69) is 9.84 Å². The molecule has 86 valence electrons. The fourth-order valence-corrected chi connectivity index (χ4v) is 1.96. The molecule has 0 spiro atoms. The molecule has 5 nitrogen and oxygen atoms in total. The van der Waals surface area contributed by atoms with Gasteiger partial charge < -0.3 is 9.84 Å². The molecule has 0 fully saturated rings. The molecule has 0 aromatic rings. The van der Waals surface area contributed by atoms with E-state index in [-0.39, 0.29) is 0 Å². The van der Waals surface area contributed by atoms with Crippen LogP contribution in [0.3, 0.4) is 0 Å². The van der Waals surface area contributed by atoms with E-state index < -0.39 is 21.5 Å². The summed E-state index contributed by atoms with van der Waals surface area (Å²) in [5.41, 5.74) is -2.04. The quantitative estimate of drug-likeness (QED) is 0.685. The van der Waals surface area contributed by atoms with E-state index in [1.54, 1.807) is 6.92 Å². The molecule has 0 bridgehead atoms. The zero-order valence-corrected chi connectivity index (χ0v) is 10.2. The minimum Gasteiger partial charge on any atom is -0.451 e. The van der Waals surface area contributed by atoms with Gasteiger partial charge in [0.25, 0.3) is 0 Å². The average molecular weight is 276 g/mol. The number of carbonyl (C=O) groups is 1. The fraction of sp³-hybridized carbons (Fsp3) is 0.714. The van der Waals surface area contributed by atoms with Crippen molar-refractivity contribution in [2.24, 2.45) is 11.0 Å². The molecule has 0 saturated heterocycles. The molecule has 1 heterocycles. The largest absolute Gasteiger partial charge is 0.451 e. The number of hydrogen-bond acceptors (Lipinski definition) is 4. The molecule has 1 N–H and O–H groups in total. The topological polar surface area (TPSA) is 62.1 Å². The summed E-state index contributed by atoms with van der Waals surface area (Å²) in [5, 5.41) is 14.4. The first-order valence-electron chi connectivity index (χ1n) is 3.96. The van der Waals surface area contributed by atoms with Gasteiger partial charge in [-0.05, 0) is 0 Å². The SMILES string of the molecule is COC(=O)N1N=CC(C)C1(O)C(Cl)(Cl)Cl. The lowest BCUT2D eigenvalue weighted by molar-refractivity contribution is -0.0970. The van der Waals surface area contributed by atoms with Crippen molar-refractivity contribution in [3.63, 3.8) is 0 Å². The molecule has 15 heavy (non-hydrogen) atoms. The number of aliphatic hydroxyl groups is 1. The van der Waals surface area contributed by atoms with Gasteiger partial charge in [-0.15, -0.1) is 0 Å². The molecule has 2 atom stereocenters. The van der Waals surface area contributed by atoms with Gasteiger partial charge in [-0.2, -0.15) is 10.1 Å². The average Bonchev–Trinajstić information content (AvgIpc) is 2.43. The molecule has 0 saturated carbocycles. The summed E-state index contributed by atoms with van der Waals surface area (Å²) in [6.07, 6.45) is 0.406. The number of alkyl halides is 3. The highest BCUT2D eigenvalue weighted by molar-refractivity contribution is 6.68. The molecular formula is C7H9Cl3N2O3. The van der Waals surface area contributed by atoms with Gasteiger partial charge in [0.15, 0.2) is 0 Å². The van der Waals surface area contributed by atoms with Crippen molar-refractivity contribution in [3.05, 3.63) is 0 Å². The highest BCUT2D eigenvalue weighted by Gasteiger charge is 2.60. The summed E-state index contributed by atoms with van der Waals surface area (Å²) >= 11 is 16.9. The fourth-order valence-electron chi connectivity index (χ4n) is 1.20. The molecule has 2 unspecified atom stereocenters. The molecule has 1 aliphatic heterocycles. The van der Waals surface area contributed by atoms with Crippen molar-refractivity contribution < 1.29 is 14.6 Å². The van der Waals surface area contributed by atoms with Crippen LogP contribution in [0, 0.1) is 5.92 Å². The number of hydrogen-bond donors (Lipinski definition) is 1. The smallest absolute Gasteiger partial charge is 0.432 e. The van der Waals surface area contributed by atoms with Crippen molar-refractivity contribution in [3.8, 4) is 0 Å². The van der Waals surface area contributed by atoms with Crippen LogP contribution in [0.15, 0.2) is 5.10 Å². The monoisotopic (exact) mass is 274 g/mol. The first-order valence-corrected chi connectivity index (χ1v) is 5.10. The van der Waals surface area contributed by atoms with E-state index in [4.69, 9.17) is 34.8 Å². The molecule has 1 amide bonds. The highest BCUT2D eigenvalue weighted by Crippen LogP contribution is 2.46. The number of amides is 1. The van der Waals surface area contributed by atoms with Crippen LogP contribution in [0.4, 0.5) is 4.79 Å². The summed E-state index contributed by atoms with van der Waals surface area (Å²) in [6, 6.07) is 0. The van der Waals surface area contributed by atoms with E-state index >= 15 is 0 Å². The minimum absolute atomic E-state index is 0.616. The molecular weight excluding hydrogens is 266 g/mol. The maximum atomic E-state index is 11.3. The lowest BCUT2D eigenvalue weighted by Gasteiger charge is -2.38. The van der Waals surface area contributed by atoms with E-state index in [0.29, 0.717) is 5.01 Å². The second-order valence-corrected chi connectivity index (χ2v) is 5.34. The molecule has 8 heteroatoms. The lowest BCUT2D eigenvalue weighted by Crippen LogP contribution is -2.58. The van der Waals surface area contributed by atoms with Crippen LogP contribution in [0.5, 0.6) is 0 Å². The molecule has 1 aliphatic rings. The predicted molar refractivity (Wildman–Crippen MR) is 57.1 cm³/mol. The van der Waals surface area contributed by atoms with Gasteiger partial charge in [-0.1, -0.05) is 41.7 Å². The number of halogens is 3. The number of rotatable bonds is 0. The van der Waals surface area contributed by atoms with Crippen molar-refractivity contribution in [2.75, 3.05) is 7.11 Å². The van der Waals surface area contributed by atoms with Gasteiger partial charge in [0.2, 0.25) is 9.52 Å². The van der Waals surface area contributed by atoms with Crippen LogP contribution in [-0.2, 0) is 4.74 Å². The van der Waals surface area contributed by atoms with Crippen LogP contribution in [0.25, 0.3) is 0 Å². The van der Waals surface area contributed by atoms with Gasteiger partial charge in [0.05, 0.1) is 7.11 Å². The van der Waals surface area contributed by atoms with Crippen LogP contribution >= 0.6 is 34.8 Å². The number of ether oxygens (including phenoxy) is 1. The Morgan fingerprint density at radius 1 is 1.67 bits per heavy atom. The normalized spacial score (nSPS) is 30.8. The number of carbonyl (C=O) groups excluding carboxylic acids is 1. The maximum absolute atomic E-state index is 11.3. The second-order valence-electron chi connectivity index (χ2n) is 3.06. The maximum Gasteiger partial charge on any atom is 0.432 e. The third-order valence-corrected chi connectivity index (χ3v) is 2.96. The van der Waals surface area contributed by atoms with Crippen molar-refractivity contribution in [1.29, 1.82) is 0 Å². The Labute approximate surface area is 102 Å². The van der Waals surface area contributed by atoms with Gasteiger partial charge in [-0.25, -0.2) is 4.79 Å². The summed E-state index contributed by atoms with van der Waals surface area (Å²) in [6.45, 7) is 1.56. The Hall–Kier alpha value is -0.230. The van der Waals surface area contributed by atoms with Crippen molar-refractivity contribution in [2.45, 2.75) is 16.4 Å². The van der Waals surface area contributed by atoms with E-state index in [1.807, 2.05) is 0 Å². The highest BCUT2D eigenvalue weighted by atomic mass is 35.6. The van der Waals surface area contributed by atoms with E-state index in [0.717, 1.165) is 7.11 Å². The van der Waals surface area contributed by atoms with Crippen LogP contribution < -0.4 is 0 Å². The van der Waals surface area contributed by atoms with Gasteiger partial charge in [0.1, 0.15) is 0 Å². The van der Waals surface area contributed by atoms with Crippen LogP contribution in [0.2, 0.25) is 0 Å². The third kappa shape index (κ3) is 1.89. The Bertz CT molecular complexity index is 304. The summed E-state index contributed by atoms with van der Waals surface area (Å²) < 4.78 is 2.32. The standard InChI is InChI=1S/C7H9Cl3N2O3/c1-4-3-11-12(5(13)15-2)6(4,14)7(8,9)10/h3-4,14H,1-2H3. The number of hydrazone groups is 1. The Morgan fingerprint density at radius 2 is 2.20 bits per heavy atom. The lowest BCUT2D eigenvalue weighted by atomic mass is 10.0. The van der Waals surface area contributed by atoms with Gasteiger partial charge in [0, 0.05) is 12.1 Å². The Morgan fingerprint density at radius 3 is 2.60 bits per heavy atom. The first kappa shape index (κ1) is 12.8. The first-order chi connectivity index (χ1) is 6.75. The van der Waals surface area contributed by atoms with Gasteiger partial charge in [-0.3, -0.25) is 0 Å². The number of methoxy groups -OCH3 is 1. The summed E-state index contributed by atoms with van der Waals surface area (Å²) in [7, 11) is 1.14. The van der Waals surface area contributed by atoms with E-state index in [1.165, 1.54) is 6.21 Å². The molecule has 0 radical (unpaired) electrons. The van der Waals surface area contributed by atoms with Gasteiger partial charge >= 0.3 is 6.09 Å². The van der Waals surface area contributed by atoms with Crippen LogP contribution in [-0.4, -0.2) is 39.1 Å². The predicted octanol–water partition coefficient (Wildman–Crippen LogP) is 1.75. The molecule has 0 aromatic heterocycles. The Balaban J connectivity index is 3.09. The van der Waals surface area contributed by atoms with Crippen LogP contribution in [0.1, 0.15) is 6.92 Å². The van der Waals surface area contributed by atoms with Crippen molar-refractivity contribution >= 4 is 47.1 Å². The van der Waals surface area contributed by atoms with E-state index in [9.17, 15) is 9.90 Å². The number of nitrogens with zero attached hydrogens (tertiary/aromatic N) is 2. The summed E-state index contributed by atoms with van der Waals surface area (Å²) in [5.74, 6) is -0.621. The second kappa shape index (κ2) is 3.97. The molecule has 1 rings (SSSR count). The Kier molecular flexibility index (Phi) is 3.40. The summed E-state index contributed by atoms with van der Waals surface area (Å²) in [4.78, 5) is 11.3. The minimum atomic E-state index is -2.09. The molecule has 0 aromatic carbocycles. The van der Waals surface area contributed by atoms with Crippen molar-refractivity contribution in [1.82, 2.24) is 5.01 Å². The molecule has 0 aliphatic carbocycles.